The lowest BCUT2D eigenvalue weighted by atomic mass is 9.87. The lowest BCUT2D eigenvalue weighted by Gasteiger charge is -2.41. The molecule has 2 aromatic rings. The van der Waals surface area contributed by atoms with E-state index in [0.29, 0.717) is 12.5 Å². The van der Waals surface area contributed by atoms with Gasteiger partial charge in [0.1, 0.15) is 0 Å². The topological polar surface area (TPSA) is 61.4 Å². The Balaban J connectivity index is 1.29. The number of carbonyl (C=O) groups is 1. The number of aromatic nitrogens is 2. The number of hydrogen-bond donors (Lipinski definition) is 1. The van der Waals surface area contributed by atoms with Gasteiger partial charge in [-0.3, -0.25) is 9.69 Å². The Labute approximate surface area is 186 Å². The van der Waals surface area contributed by atoms with Crippen molar-refractivity contribution in [2.45, 2.75) is 58.4 Å². The monoisotopic (exact) mass is 421 g/mol. The average molecular weight is 422 g/mol. The molecule has 1 aromatic carbocycles. The summed E-state index contributed by atoms with van der Waals surface area (Å²) in [6.07, 6.45) is 3.23. The molecule has 0 spiro atoms. The number of rotatable bonds is 4. The summed E-state index contributed by atoms with van der Waals surface area (Å²) < 4.78 is 0. The maximum atomic E-state index is 12.8. The molecule has 0 bridgehead atoms. The van der Waals surface area contributed by atoms with E-state index in [0.717, 1.165) is 43.3 Å². The van der Waals surface area contributed by atoms with E-state index in [-0.39, 0.29) is 17.4 Å². The Bertz CT molecular complexity index is 880. The standard InChI is InChI=1S/C25H35N5O/c1-18-5-10-23(28-27-18)29-14-11-21(17-29)24(31)26-22-8-6-19(7-9-22)20-12-15-30(16-13-20)25(2,3)4/h5-10,20-21H,11-17H2,1-4H3,(H,26,31)/t21-/m0/s1. The van der Waals surface area contributed by atoms with Gasteiger partial charge in [-0.05, 0) is 95.8 Å². The van der Waals surface area contributed by atoms with Crippen molar-refractivity contribution in [3.63, 3.8) is 0 Å². The van der Waals surface area contributed by atoms with Crippen molar-refractivity contribution in [2.75, 3.05) is 36.4 Å². The fourth-order valence-corrected chi connectivity index (χ4v) is 4.71. The van der Waals surface area contributed by atoms with Crippen molar-refractivity contribution in [3.05, 3.63) is 47.7 Å². The molecule has 1 amide bonds. The first-order valence-corrected chi connectivity index (χ1v) is 11.5. The average Bonchev–Trinajstić information content (AvgIpc) is 3.25. The van der Waals surface area contributed by atoms with Gasteiger partial charge in [-0.2, -0.15) is 5.10 Å². The fourth-order valence-electron chi connectivity index (χ4n) is 4.71. The van der Waals surface area contributed by atoms with Crippen molar-refractivity contribution < 1.29 is 4.79 Å². The molecule has 0 saturated carbocycles. The van der Waals surface area contributed by atoms with Gasteiger partial charge in [0.15, 0.2) is 5.82 Å². The first-order valence-electron chi connectivity index (χ1n) is 11.5. The Morgan fingerprint density at radius 2 is 1.68 bits per heavy atom. The quantitative estimate of drug-likeness (QED) is 0.801. The molecule has 2 aliphatic rings. The second-order valence-electron chi connectivity index (χ2n) is 10.0. The molecule has 2 aliphatic heterocycles. The molecular formula is C25H35N5O. The fraction of sp³-hybridized carbons (Fsp3) is 0.560. The highest BCUT2D eigenvalue weighted by molar-refractivity contribution is 5.93. The summed E-state index contributed by atoms with van der Waals surface area (Å²) in [4.78, 5) is 17.5. The van der Waals surface area contributed by atoms with E-state index in [4.69, 9.17) is 0 Å². The molecule has 1 atom stereocenters. The van der Waals surface area contributed by atoms with E-state index in [1.54, 1.807) is 0 Å². The molecule has 1 N–H and O–H groups in total. The summed E-state index contributed by atoms with van der Waals surface area (Å²) >= 11 is 0. The minimum absolute atomic E-state index is 0.0236. The van der Waals surface area contributed by atoms with Gasteiger partial charge in [0, 0.05) is 24.3 Å². The number of benzene rings is 1. The van der Waals surface area contributed by atoms with Crippen LogP contribution in [0.4, 0.5) is 11.5 Å². The predicted octanol–water partition coefficient (Wildman–Crippen LogP) is 4.23. The van der Waals surface area contributed by atoms with Crippen molar-refractivity contribution in [1.29, 1.82) is 0 Å². The summed E-state index contributed by atoms with van der Waals surface area (Å²) in [6.45, 7) is 12.6. The van der Waals surface area contributed by atoms with E-state index in [1.165, 1.54) is 18.4 Å². The molecule has 0 radical (unpaired) electrons. The zero-order valence-corrected chi connectivity index (χ0v) is 19.3. The highest BCUT2D eigenvalue weighted by atomic mass is 16.1. The summed E-state index contributed by atoms with van der Waals surface area (Å²) in [6, 6.07) is 12.4. The van der Waals surface area contributed by atoms with Gasteiger partial charge in [-0.1, -0.05) is 12.1 Å². The van der Waals surface area contributed by atoms with E-state index < -0.39 is 0 Å². The first kappa shape index (κ1) is 21.8. The zero-order chi connectivity index (χ0) is 22.0. The Morgan fingerprint density at radius 1 is 0.968 bits per heavy atom. The van der Waals surface area contributed by atoms with Crippen LogP contribution in [-0.4, -0.2) is 52.7 Å². The largest absolute Gasteiger partial charge is 0.354 e. The molecule has 6 nitrogen and oxygen atoms in total. The van der Waals surface area contributed by atoms with Crippen molar-refractivity contribution in [2.24, 2.45) is 5.92 Å². The van der Waals surface area contributed by atoms with Crippen LogP contribution in [0.1, 0.15) is 57.2 Å². The number of nitrogens with one attached hydrogen (secondary N) is 1. The Morgan fingerprint density at radius 3 is 2.29 bits per heavy atom. The third-order valence-corrected chi connectivity index (χ3v) is 6.76. The Kier molecular flexibility index (Phi) is 6.28. The minimum atomic E-state index is -0.0236. The number of amides is 1. The second-order valence-corrected chi connectivity index (χ2v) is 10.0. The molecule has 31 heavy (non-hydrogen) atoms. The molecule has 0 unspecified atom stereocenters. The molecule has 6 heteroatoms. The van der Waals surface area contributed by atoms with Gasteiger partial charge in [-0.15, -0.1) is 5.10 Å². The maximum Gasteiger partial charge on any atom is 0.229 e. The lowest BCUT2D eigenvalue weighted by Crippen LogP contribution is -2.45. The number of hydrogen-bond acceptors (Lipinski definition) is 5. The van der Waals surface area contributed by atoms with E-state index in [9.17, 15) is 4.79 Å². The third-order valence-electron chi connectivity index (χ3n) is 6.76. The molecule has 4 rings (SSSR count). The summed E-state index contributed by atoms with van der Waals surface area (Å²) in [5.74, 6) is 1.53. The smallest absolute Gasteiger partial charge is 0.229 e. The van der Waals surface area contributed by atoms with Gasteiger partial charge in [0.25, 0.3) is 0 Å². The molecular weight excluding hydrogens is 386 g/mol. The van der Waals surface area contributed by atoms with E-state index in [1.807, 2.05) is 19.1 Å². The predicted molar refractivity (Wildman–Crippen MR) is 125 cm³/mol. The minimum Gasteiger partial charge on any atom is -0.354 e. The highest BCUT2D eigenvalue weighted by Gasteiger charge is 2.30. The van der Waals surface area contributed by atoms with Crippen LogP contribution in [0.25, 0.3) is 0 Å². The number of likely N-dealkylation sites (tertiary alicyclic amines) is 1. The van der Waals surface area contributed by atoms with Gasteiger partial charge in [-0.25, -0.2) is 0 Å². The van der Waals surface area contributed by atoms with Gasteiger partial charge in [0.05, 0.1) is 11.6 Å². The van der Waals surface area contributed by atoms with E-state index >= 15 is 0 Å². The highest BCUT2D eigenvalue weighted by Crippen LogP contribution is 2.31. The number of nitrogens with zero attached hydrogens (tertiary/aromatic N) is 4. The molecule has 166 valence electrons. The van der Waals surface area contributed by atoms with Crippen LogP contribution in [0, 0.1) is 12.8 Å². The van der Waals surface area contributed by atoms with Crippen LogP contribution in [0.15, 0.2) is 36.4 Å². The third kappa shape index (κ3) is 5.24. The number of aryl methyl sites for hydroxylation is 1. The van der Waals surface area contributed by atoms with Crippen molar-refractivity contribution in [1.82, 2.24) is 15.1 Å². The molecule has 1 aromatic heterocycles. The summed E-state index contributed by atoms with van der Waals surface area (Å²) in [5.41, 5.74) is 3.42. The maximum absolute atomic E-state index is 12.8. The van der Waals surface area contributed by atoms with Crippen molar-refractivity contribution in [3.8, 4) is 0 Å². The van der Waals surface area contributed by atoms with Gasteiger partial charge >= 0.3 is 0 Å². The van der Waals surface area contributed by atoms with Crippen LogP contribution in [0.3, 0.4) is 0 Å². The summed E-state index contributed by atoms with van der Waals surface area (Å²) in [5, 5.41) is 11.5. The number of anilines is 2. The van der Waals surface area contributed by atoms with Crippen LogP contribution in [0.2, 0.25) is 0 Å². The van der Waals surface area contributed by atoms with Gasteiger partial charge < -0.3 is 10.2 Å². The second kappa shape index (κ2) is 8.95. The van der Waals surface area contributed by atoms with Crippen LogP contribution < -0.4 is 10.2 Å². The number of carbonyl (C=O) groups excluding carboxylic acids is 1. The van der Waals surface area contributed by atoms with Crippen LogP contribution >= 0.6 is 0 Å². The van der Waals surface area contributed by atoms with Crippen molar-refractivity contribution >= 4 is 17.4 Å². The van der Waals surface area contributed by atoms with Gasteiger partial charge in [0.2, 0.25) is 5.91 Å². The van der Waals surface area contributed by atoms with Crippen LogP contribution in [0.5, 0.6) is 0 Å². The van der Waals surface area contributed by atoms with Crippen LogP contribution in [-0.2, 0) is 4.79 Å². The first-order chi connectivity index (χ1) is 14.8. The normalized spacial score (nSPS) is 20.8. The Hall–Kier alpha value is -2.47. The molecule has 3 heterocycles. The zero-order valence-electron chi connectivity index (χ0n) is 19.3. The summed E-state index contributed by atoms with van der Waals surface area (Å²) in [7, 11) is 0. The SMILES string of the molecule is Cc1ccc(N2CC[C@H](C(=O)Nc3ccc(C4CCN(C(C)(C)C)CC4)cc3)C2)nn1. The molecule has 2 fully saturated rings. The lowest BCUT2D eigenvalue weighted by molar-refractivity contribution is -0.119. The number of piperidine rings is 1. The molecule has 2 saturated heterocycles. The van der Waals surface area contributed by atoms with E-state index in [2.05, 4.69) is 70.4 Å². The molecule has 0 aliphatic carbocycles.